The first-order chi connectivity index (χ1) is 16.4. The van der Waals surface area contributed by atoms with Gasteiger partial charge in [0.1, 0.15) is 11.8 Å². The average Bonchev–Trinajstić information content (AvgIpc) is 3.13. The van der Waals surface area contributed by atoms with Crippen LogP contribution in [-0.4, -0.2) is 26.7 Å². The van der Waals surface area contributed by atoms with Gasteiger partial charge in [-0.05, 0) is 42.7 Å². The standard InChI is InChI=1S/C26H23N3O5/c1-2-3-7-17-11-13-19(14-12-17)28-23(21-10-4-5-15-27-21)22(25(31)26(28)32)24(30)18-8-6-9-20(16-18)29(33)34/h4-6,8-16,23,30H,2-3,7H2,1H3/b24-22-. The predicted molar refractivity (Wildman–Crippen MR) is 127 cm³/mol. The van der Waals surface area contributed by atoms with Gasteiger partial charge in [0.2, 0.25) is 0 Å². The van der Waals surface area contributed by atoms with Gasteiger partial charge in [0.05, 0.1) is 16.2 Å². The van der Waals surface area contributed by atoms with Gasteiger partial charge in [0, 0.05) is 29.6 Å². The number of pyridine rings is 1. The van der Waals surface area contributed by atoms with Crippen LogP contribution in [0.25, 0.3) is 5.76 Å². The van der Waals surface area contributed by atoms with Crippen molar-refractivity contribution in [3.8, 4) is 0 Å². The number of aliphatic hydroxyl groups excluding tert-OH is 1. The normalized spacial score (nSPS) is 17.2. The van der Waals surface area contributed by atoms with Crippen molar-refractivity contribution in [2.45, 2.75) is 32.2 Å². The van der Waals surface area contributed by atoms with Crippen molar-refractivity contribution in [3.63, 3.8) is 0 Å². The molecule has 172 valence electrons. The molecular formula is C26H23N3O5. The number of Topliss-reactive ketones (excluding diaryl/α,β-unsaturated/α-hetero) is 1. The molecule has 1 aliphatic rings. The third-order valence-electron chi connectivity index (χ3n) is 5.78. The Morgan fingerprint density at radius 3 is 2.50 bits per heavy atom. The summed E-state index contributed by atoms with van der Waals surface area (Å²) in [6.07, 6.45) is 4.55. The number of carbonyl (C=O) groups is 2. The Morgan fingerprint density at radius 1 is 1.09 bits per heavy atom. The van der Waals surface area contributed by atoms with Gasteiger partial charge in [0.25, 0.3) is 17.4 Å². The van der Waals surface area contributed by atoms with Gasteiger partial charge in [-0.25, -0.2) is 0 Å². The van der Waals surface area contributed by atoms with E-state index in [1.54, 1.807) is 30.3 Å². The van der Waals surface area contributed by atoms with E-state index < -0.39 is 28.4 Å². The highest BCUT2D eigenvalue weighted by Crippen LogP contribution is 2.41. The summed E-state index contributed by atoms with van der Waals surface area (Å²) >= 11 is 0. The number of rotatable bonds is 7. The van der Waals surface area contributed by atoms with E-state index >= 15 is 0 Å². The summed E-state index contributed by atoms with van der Waals surface area (Å²) < 4.78 is 0. The van der Waals surface area contributed by atoms with E-state index in [2.05, 4.69) is 11.9 Å². The summed E-state index contributed by atoms with van der Waals surface area (Å²) in [5.41, 5.74) is 1.67. The van der Waals surface area contributed by atoms with E-state index in [1.165, 1.54) is 35.4 Å². The number of anilines is 1. The third-order valence-corrected chi connectivity index (χ3v) is 5.78. The van der Waals surface area contributed by atoms with E-state index in [4.69, 9.17) is 0 Å². The summed E-state index contributed by atoms with van der Waals surface area (Å²) in [7, 11) is 0. The maximum absolute atomic E-state index is 13.2. The van der Waals surface area contributed by atoms with Gasteiger partial charge in [-0.2, -0.15) is 0 Å². The second-order valence-electron chi connectivity index (χ2n) is 8.00. The predicted octanol–water partition coefficient (Wildman–Crippen LogP) is 4.96. The number of amides is 1. The molecular weight excluding hydrogens is 434 g/mol. The number of aliphatic hydroxyl groups is 1. The van der Waals surface area contributed by atoms with Crippen molar-refractivity contribution in [1.29, 1.82) is 0 Å². The second-order valence-corrected chi connectivity index (χ2v) is 8.00. The molecule has 1 N–H and O–H groups in total. The number of ketones is 1. The molecule has 1 unspecified atom stereocenters. The van der Waals surface area contributed by atoms with Gasteiger partial charge >= 0.3 is 0 Å². The monoisotopic (exact) mass is 457 g/mol. The molecule has 3 aromatic rings. The molecule has 2 aromatic carbocycles. The summed E-state index contributed by atoms with van der Waals surface area (Å²) in [5, 5.41) is 22.3. The number of hydrogen-bond acceptors (Lipinski definition) is 6. The number of aromatic nitrogens is 1. The lowest BCUT2D eigenvalue weighted by atomic mass is 9.98. The molecule has 1 saturated heterocycles. The molecule has 34 heavy (non-hydrogen) atoms. The SMILES string of the molecule is CCCCc1ccc(N2C(=O)C(=O)/C(=C(\O)c3cccc([N+](=O)[O-])c3)C2c2ccccn2)cc1. The zero-order valence-corrected chi connectivity index (χ0v) is 18.5. The first-order valence-electron chi connectivity index (χ1n) is 11.0. The van der Waals surface area contributed by atoms with Crippen molar-refractivity contribution in [1.82, 2.24) is 4.98 Å². The molecule has 4 rings (SSSR count). The molecule has 8 nitrogen and oxygen atoms in total. The first kappa shape index (κ1) is 22.8. The molecule has 1 aromatic heterocycles. The third kappa shape index (κ3) is 4.30. The van der Waals surface area contributed by atoms with E-state index in [0.717, 1.165) is 24.8 Å². The van der Waals surface area contributed by atoms with Crippen molar-refractivity contribution in [2.75, 3.05) is 4.90 Å². The minimum Gasteiger partial charge on any atom is -0.507 e. The van der Waals surface area contributed by atoms with Crippen LogP contribution in [0.5, 0.6) is 0 Å². The van der Waals surface area contributed by atoms with Gasteiger partial charge < -0.3 is 5.11 Å². The average molecular weight is 457 g/mol. The number of non-ortho nitro benzene ring substituents is 1. The smallest absolute Gasteiger partial charge is 0.300 e. The first-order valence-corrected chi connectivity index (χ1v) is 11.0. The molecule has 1 amide bonds. The molecule has 1 atom stereocenters. The van der Waals surface area contributed by atoms with Gasteiger partial charge in [-0.15, -0.1) is 0 Å². The fraction of sp³-hybridized carbons (Fsp3) is 0.192. The molecule has 0 aliphatic carbocycles. The highest BCUT2D eigenvalue weighted by atomic mass is 16.6. The van der Waals surface area contributed by atoms with E-state index in [9.17, 15) is 24.8 Å². The number of carbonyl (C=O) groups excluding carboxylic acids is 2. The summed E-state index contributed by atoms with van der Waals surface area (Å²) in [6, 6.07) is 16.8. The molecule has 2 heterocycles. The molecule has 0 spiro atoms. The number of hydrogen-bond donors (Lipinski definition) is 1. The molecule has 0 bridgehead atoms. The second kappa shape index (κ2) is 9.66. The Bertz CT molecular complexity index is 1270. The maximum atomic E-state index is 13.2. The highest BCUT2D eigenvalue weighted by Gasteiger charge is 2.47. The van der Waals surface area contributed by atoms with Crippen molar-refractivity contribution >= 4 is 28.8 Å². The summed E-state index contributed by atoms with van der Waals surface area (Å²) in [6.45, 7) is 2.11. The number of benzene rings is 2. The van der Waals surface area contributed by atoms with Crippen LogP contribution >= 0.6 is 0 Å². The highest BCUT2D eigenvalue weighted by molar-refractivity contribution is 6.51. The van der Waals surface area contributed by atoms with Crippen molar-refractivity contribution in [3.05, 3.63) is 105 Å². The van der Waals surface area contributed by atoms with E-state index in [1.807, 2.05) is 12.1 Å². The number of nitro benzene ring substituents is 1. The quantitative estimate of drug-likeness (QED) is 0.176. The van der Waals surface area contributed by atoms with Crippen molar-refractivity contribution in [2.24, 2.45) is 0 Å². The zero-order valence-electron chi connectivity index (χ0n) is 18.5. The Balaban J connectivity index is 1.85. The van der Waals surface area contributed by atoms with E-state index in [0.29, 0.717) is 11.4 Å². The fourth-order valence-electron chi connectivity index (χ4n) is 4.04. The van der Waals surface area contributed by atoms with Gasteiger partial charge in [-0.1, -0.05) is 43.7 Å². The van der Waals surface area contributed by atoms with Crippen LogP contribution in [0.1, 0.15) is 42.6 Å². The van der Waals surface area contributed by atoms with Crippen LogP contribution in [0, 0.1) is 10.1 Å². The Hall–Kier alpha value is -4.33. The lowest BCUT2D eigenvalue weighted by molar-refractivity contribution is -0.384. The molecule has 0 saturated carbocycles. The minimum atomic E-state index is -0.984. The maximum Gasteiger partial charge on any atom is 0.300 e. The van der Waals surface area contributed by atoms with Gasteiger partial charge in [0.15, 0.2) is 0 Å². The molecule has 8 heteroatoms. The van der Waals surface area contributed by atoms with Crippen LogP contribution in [0.15, 0.2) is 78.5 Å². The van der Waals surface area contributed by atoms with Crippen LogP contribution in [-0.2, 0) is 16.0 Å². The molecule has 0 radical (unpaired) electrons. The molecule has 1 aliphatic heterocycles. The zero-order chi connectivity index (χ0) is 24.2. The van der Waals surface area contributed by atoms with Crippen LogP contribution in [0.3, 0.4) is 0 Å². The number of aryl methyl sites for hydroxylation is 1. The van der Waals surface area contributed by atoms with Crippen LogP contribution < -0.4 is 4.90 Å². The topological polar surface area (TPSA) is 114 Å². The van der Waals surface area contributed by atoms with Crippen molar-refractivity contribution < 1.29 is 19.6 Å². The Kier molecular flexibility index (Phi) is 6.49. The molecule has 1 fully saturated rings. The number of nitro groups is 1. The summed E-state index contributed by atoms with van der Waals surface area (Å²) in [5.74, 6) is -2.17. The van der Waals surface area contributed by atoms with E-state index in [-0.39, 0.29) is 16.8 Å². The van der Waals surface area contributed by atoms with Crippen LogP contribution in [0.2, 0.25) is 0 Å². The largest absolute Gasteiger partial charge is 0.507 e. The number of nitrogens with zero attached hydrogens (tertiary/aromatic N) is 3. The van der Waals surface area contributed by atoms with Gasteiger partial charge in [-0.3, -0.25) is 29.6 Å². The Morgan fingerprint density at radius 2 is 1.85 bits per heavy atom. The fourth-order valence-corrected chi connectivity index (χ4v) is 4.04. The Labute approximate surface area is 196 Å². The summed E-state index contributed by atoms with van der Waals surface area (Å²) in [4.78, 5) is 42.6. The minimum absolute atomic E-state index is 0.0723. The number of unbranched alkanes of at least 4 members (excludes halogenated alkanes) is 1. The lowest BCUT2D eigenvalue weighted by Gasteiger charge is -2.24. The lowest BCUT2D eigenvalue weighted by Crippen LogP contribution is -2.29. The van der Waals surface area contributed by atoms with Crippen LogP contribution in [0.4, 0.5) is 11.4 Å².